The van der Waals surface area contributed by atoms with Crippen molar-refractivity contribution in [3.63, 3.8) is 0 Å². The minimum absolute atomic E-state index is 0.0937. The first-order chi connectivity index (χ1) is 12.3. The number of amides is 1. The van der Waals surface area contributed by atoms with Crippen LogP contribution < -0.4 is 5.43 Å². The highest BCUT2D eigenvalue weighted by molar-refractivity contribution is 9.10. The van der Waals surface area contributed by atoms with E-state index in [-0.39, 0.29) is 16.7 Å². The monoisotopic (exact) mass is 413 g/mol. The number of halogens is 1. The number of rotatable bonds is 3. The number of phenolic OH excluding ortho intramolecular Hbond substituents is 1. The van der Waals surface area contributed by atoms with Crippen molar-refractivity contribution in [2.75, 3.05) is 0 Å². The van der Waals surface area contributed by atoms with Crippen molar-refractivity contribution in [1.82, 2.24) is 10.4 Å². The summed E-state index contributed by atoms with van der Waals surface area (Å²) >= 11 is 3.30. The van der Waals surface area contributed by atoms with Gasteiger partial charge in [-0.3, -0.25) is 4.79 Å². The van der Waals surface area contributed by atoms with Crippen molar-refractivity contribution < 1.29 is 9.90 Å². The number of aromatic nitrogens is 1. The number of nitrogens with one attached hydrogen (secondary N) is 2. The average Bonchev–Trinajstić information content (AvgIpc) is 2.99. The molecule has 0 aliphatic heterocycles. The Morgan fingerprint density at radius 3 is 2.58 bits per heavy atom. The van der Waals surface area contributed by atoms with Crippen LogP contribution in [0.4, 0.5) is 0 Å². The van der Waals surface area contributed by atoms with E-state index in [1.54, 1.807) is 12.1 Å². The third kappa shape index (κ3) is 3.80. The Bertz CT molecular complexity index is 967. The Kier molecular flexibility index (Phi) is 4.87. The molecule has 0 aliphatic rings. The maximum atomic E-state index is 12.4. The van der Waals surface area contributed by atoms with Gasteiger partial charge in [0.25, 0.3) is 5.91 Å². The molecule has 2 aromatic carbocycles. The van der Waals surface area contributed by atoms with Crippen LogP contribution >= 0.6 is 15.9 Å². The Morgan fingerprint density at radius 2 is 1.88 bits per heavy atom. The molecule has 3 rings (SSSR count). The molecule has 0 saturated carbocycles. The quantitative estimate of drug-likeness (QED) is 0.425. The number of nitrogens with zero attached hydrogens (tertiary/aromatic N) is 1. The van der Waals surface area contributed by atoms with E-state index >= 15 is 0 Å². The number of aromatic amines is 1. The molecule has 0 saturated heterocycles. The molecule has 3 aromatic rings. The van der Waals surface area contributed by atoms with Crippen LogP contribution in [-0.2, 0) is 0 Å². The van der Waals surface area contributed by atoms with Crippen LogP contribution in [0.3, 0.4) is 0 Å². The highest BCUT2D eigenvalue weighted by atomic mass is 79.9. The van der Waals surface area contributed by atoms with E-state index in [1.807, 2.05) is 51.1 Å². The van der Waals surface area contributed by atoms with E-state index < -0.39 is 5.91 Å². The Morgan fingerprint density at radius 1 is 1.15 bits per heavy atom. The summed E-state index contributed by atoms with van der Waals surface area (Å²) < 4.78 is 0.705. The summed E-state index contributed by atoms with van der Waals surface area (Å²) in [6.07, 6.45) is 0. The van der Waals surface area contributed by atoms with Crippen LogP contribution in [0.1, 0.15) is 36.8 Å². The third-order valence-corrected chi connectivity index (χ3v) is 4.46. The van der Waals surface area contributed by atoms with Crippen molar-refractivity contribution in [2.45, 2.75) is 20.8 Å². The second-order valence-electron chi connectivity index (χ2n) is 7.08. The number of H-pyrrole nitrogens is 1. The minimum Gasteiger partial charge on any atom is -0.507 e. The molecule has 1 amide bonds. The van der Waals surface area contributed by atoms with Crippen LogP contribution in [-0.4, -0.2) is 21.7 Å². The Hall–Kier alpha value is -2.60. The largest absolute Gasteiger partial charge is 0.507 e. The maximum Gasteiger partial charge on any atom is 0.275 e. The van der Waals surface area contributed by atoms with Gasteiger partial charge in [-0.25, -0.2) is 5.43 Å². The third-order valence-electron chi connectivity index (χ3n) is 3.97. The van der Waals surface area contributed by atoms with Crippen LogP contribution in [0.2, 0.25) is 0 Å². The van der Waals surface area contributed by atoms with Gasteiger partial charge in [0, 0.05) is 20.8 Å². The summed E-state index contributed by atoms with van der Waals surface area (Å²) in [5.74, 6) is -0.564. The summed E-state index contributed by atoms with van der Waals surface area (Å²) in [6.45, 7) is 6.08. The van der Waals surface area contributed by atoms with Crippen molar-refractivity contribution in [3.8, 4) is 5.75 Å². The molecule has 5 nitrogen and oxygen atoms in total. The van der Waals surface area contributed by atoms with E-state index in [2.05, 4.69) is 31.4 Å². The molecule has 0 radical (unpaired) electrons. The van der Waals surface area contributed by atoms with Crippen LogP contribution in [0.15, 0.2) is 58.1 Å². The average molecular weight is 414 g/mol. The summed E-state index contributed by atoms with van der Waals surface area (Å²) in [5, 5.41) is 15.4. The highest BCUT2D eigenvalue weighted by Crippen LogP contribution is 2.25. The highest BCUT2D eigenvalue weighted by Gasteiger charge is 2.23. The number of fused-ring (bicyclic) bond motifs is 1. The molecule has 0 fully saturated rings. The molecular weight excluding hydrogens is 394 g/mol. The van der Waals surface area contributed by atoms with Gasteiger partial charge >= 0.3 is 0 Å². The lowest BCUT2D eigenvalue weighted by molar-refractivity contribution is 0.0952. The molecule has 134 valence electrons. The first-order valence-corrected chi connectivity index (χ1v) is 9.00. The van der Waals surface area contributed by atoms with Gasteiger partial charge < -0.3 is 10.1 Å². The molecule has 1 aromatic heterocycles. The number of benzene rings is 2. The number of hydrogen-bond donors (Lipinski definition) is 3. The normalized spacial score (nSPS) is 12.4. The number of hydrogen-bond acceptors (Lipinski definition) is 3. The first kappa shape index (κ1) is 18.2. The maximum absolute atomic E-state index is 12.4. The smallest absolute Gasteiger partial charge is 0.275 e. The minimum atomic E-state index is -0.471. The van der Waals surface area contributed by atoms with Gasteiger partial charge in [-0.15, -0.1) is 0 Å². The van der Waals surface area contributed by atoms with Crippen LogP contribution in [0.5, 0.6) is 5.75 Å². The second-order valence-corrected chi connectivity index (χ2v) is 8.00. The van der Waals surface area contributed by atoms with Gasteiger partial charge in [0.15, 0.2) is 0 Å². The summed E-state index contributed by atoms with van der Waals surface area (Å²) in [6, 6.07) is 14.7. The van der Waals surface area contributed by atoms with E-state index in [0.717, 1.165) is 22.3 Å². The number of hydrazone groups is 1. The molecular formula is C20H20BrN3O2. The van der Waals surface area contributed by atoms with E-state index in [0.29, 0.717) is 4.47 Å². The van der Waals surface area contributed by atoms with Gasteiger partial charge in [-0.05, 0) is 30.3 Å². The Balaban J connectivity index is 1.95. The number of carbonyl (C=O) groups is 1. The lowest BCUT2D eigenvalue weighted by Gasteiger charge is -2.20. The lowest BCUT2D eigenvalue weighted by atomic mass is 9.88. The summed E-state index contributed by atoms with van der Waals surface area (Å²) in [7, 11) is 0. The zero-order valence-electron chi connectivity index (χ0n) is 14.8. The van der Waals surface area contributed by atoms with Crippen molar-refractivity contribution >= 4 is 38.5 Å². The van der Waals surface area contributed by atoms with Gasteiger partial charge in [-0.1, -0.05) is 54.9 Å². The van der Waals surface area contributed by atoms with Crippen LogP contribution in [0.25, 0.3) is 10.9 Å². The predicted molar refractivity (Wildman–Crippen MR) is 108 cm³/mol. The topological polar surface area (TPSA) is 77.5 Å². The Labute approximate surface area is 160 Å². The molecule has 1 heterocycles. The fraction of sp³-hybridized carbons (Fsp3) is 0.200. The zero-order chi connectivity index (χ0) is 18.9. The van der Waals surface area contributed by atoms with Crippen LogP contribution in [0, 0.1) is 5.41 Å². The molecule has 0 bridgehead atoms. The molecule has 26 heavy (non-hydrogen) atoms. The summed E-state index contributed by atoms with van der Waals surface area (Å²) in [4.78, 5) is 15.8. The van der Waals surface area contributed by atoms with Crippen molar-refractivity contribution in [3.05, 3.63) is 64.3 Å². The number of carbonyl (C=O) groups excluding carboxylic acids is 1. The number of aromatic hydroxyl groups is 1. The fourth-order valence-electron chi connectivity index (χ4n) is 2.69. The van der Waals surface area contributed by atoms with Gasteiger partial charge in [0.1, 0.15) is 5.75 Å². The van der Waals surface area contributed by atoms with E-state index in [4.69, 9.17) is 0 Å². The molecule has 6 heteroatoms. The first-order valence-electron chi connectivity index (χ1n) is 8.21. The fourth-order valence-corrected chi connectivity index (χ4v) is 3.05. The van der Waals surface area contributed by atoms with E-state index in [9.17, 15) is 9.90 Å². The molecule has 0 atom stereocenters. The van der Waals surface area contributed by atoms with Crippen molar-refractivity contribution in [1.29, 1.82) is 0 Å². The number of phenols is 1. The van der Waals surface area contributed by atoms with Gasteiger partial charge in [-0.2, -0.15) is 5.10 Å². The number of para-hydroxylation sites is 1. The molecule has 0 aliphatic carbocycles. The van der Waals surface area contributed by atoms with Crippen molar-refractivity contribution in [2.24, 2.45) is 10.5 Å². The van der Waals surface area contributed by atoms with Gasteiger partial charge in [0.05, 0.1) is 17.0 Å². The summed E-state index contributed by atoms with van der Waals surface area (Å²) in [5.41, 5.74) is 5.00. The van der Waals surface area contributed by atoms with Gasteiger partial charge in [0.2, 0.25) is 0 Å². The lowest BCUT2D eigenvalue weighted by Crippen LogP contribution is -2.27. The standard InChI is InChI=1S/C20H20BrN3O2/c1-20(2,3)18(16-10-12-6-4-5-7-15(12)22-16)23-24-19(26)14-11-13(21)8-9-17(14)25/h4-11,22,25H,1-3H3,(H,24,26)/b23-18+. The SMILES string of the molecule is CC(C)(C)/C(=N/NC(=O)c1cc(Br)ccc1O)c1cc2ccccc2[nH]1. The molecule has 0 spiro atoms. The molecule has 3 N–H and O–H groups in total. The second kappa shape index (κ2) is 6.96. The predicted octanol–water partition coefficient (Wildman–Crippen LogP) is 4.82. The molecule has 0 unspecified atom stereocenters. The zero-order valence-corrected chi connectivity index (χ0v) is 16.4. The van der Waals surface area contributed by atoms with E-state index in [1.165, 1.54) is 6.07 Å².